The Bertz CT molecular complexity index is 689. The SMILES string of the molecule is COC(=O)c1ccccc1NC(=O)NCc1cccc(Cl)c1. The maximum Gasteiger partial charge on any atom is 0.339 e. The molecule has 2 amide bonds. The maximum absolute atomic E-state index is 11.9. The molecule has 0 fully saturated rings. The second-order valence-corrected chi connectivity index (χ2v) is 4.91. The number of methoxy groups -OCH3 is 1. The lowest BCUT2D eigenvalue weighted by molar-refractivity contribution is 0.0602. The topological polar surface area (TPSA) is 67.4 Å². The number of carbonyl (C=O) groups excluding carboxylic acids is 2. The van der Waals surface area contributed by atoms with Gasteiger partial charge in [-0.25, -0.2) is 9.59 Å². The van der Waals surface area contributed by atoms with E-state index in [1.807, 2.05) is 12.1 Å². The zero-order valence-corrected chi connectivity index (χ0v) is 12.7. The fourth-order valence-corrected chi connectivity index (χ4v) is 2.09. The number of para-hydroxylation sites is 1. The number of hydrogen-bond donors (Lipinski definition) is 2. The number of halogens is 1. The molecule has 0 aliphatic carbocycles. The molecule has 5 nitrogen and oxygen atoms in total. The summed E-state index contributed by atoms with van der Waals surface area (Å²) in [5, 5.41) is 5.93. The summed E-state index contributed by atoms with van der Waals surface area (Å²) < 4.78 is 4.68. The van der Waals surface area contributed by atoms with E-state index < -0.39 is 12.0 Å². The monoisotopic (exact) mass is 318 g/mol. The molecule has 2 N–H and O–H groups in total. The summed E-state index contributed by atoms with van der Waals surface area (Å²) >= 11 is 5.88. The van der Waals surface area contributed by atoms with Gasteiger partial charge in [-0.3, -0.25) is 0 Å². The molecule has 0 spiro atoms. The maximum atomic E-state index is 11.9. The van der Waals surface area contributed by atoms with Gasteiger partial charge in [0.15, 0.2) is 0 Å². The summed E-state index contributed by atoms with van der Waals surface area (Å²) in [5.74, 6) is -0.509. The average Bonchev–Trinajstić information content (AvgIpc) is 2.53. The quantitative estimate of drug-likeness (QED) is 0.848. The molecule has 0 atom stereocenters. The van der Waals surface area contributed by atoms with Crippen LogP contribution in [0.15, 0.2) is 48.5 Å². The van der Waals surface area contributed by atoms with Gasteiger partial charge in [-0.05, 0) is 29.8 Å². The number of ether oxygens (including phenoxy) is 1. The van der Waals surface area contributed by atoms with Gasteiger partial charge in [-0.1, -0.05) is 35.9 Å². The van der Waals surface area contributed by atoms with Crippen molar-refractivity contribution >= 4 is 29.3 Å². The Kier molecular flexibility index (Phi) is 5.38. The van der Waals surface area contributed by atoms with Crippen molar-refractivity contribution in [3.05, 3.63) is 64.7 Å². The highest BCUT2D eigenvalue weighted by molar-refractivity contribution is 6.30. The fourth-order valence-electron chi connectivity index (χ4n) is 1.88. The number of hydrogen-bond acceptors (Lipinski definition) is 3. The molecule has 0 radical (unpaired) electrons. The Balaban J connectivity index is 1.99. The van der Waals surface area contributed by atoms with E-state index in [1.54, 1.807) is 36.4 Å². The molecule has 114 valence electrons. The van der Waals surface area contributed by atoms with Gasteiger partial charge in [-0.15, -0.1) is 0 Å². The first-order valence-electron chi connectivity index (χ1n) is 6.57. The van der Waals surface area contributed by atoms with Crippen molar-refractivity contribution in [3.63, 3.8) is 0 Å². The lowest BCUT2D eigenvalue weighted by atomic mass is 10.2. The third-order valence-corrected chi connectivity index (χ3v) is 3.16. The average molecular weight is 319 g/mol. The minimum atomic E-state index is -0.509. The zero-order chi connectivity index (χ0) is 15.9. The molecule has 22 heavy (non-hydrogen) atoms. The van der Waals surface area contributed by atoms with E-state index in [4.69, 9.17) is 11.6 Å². The van der Waals surface area contributed by atoms with Crippen LogP contribution in [-0.4, -0.2) is 19.1 Å². The number of nitrogens with one attached hydrogen (secondary N) is 2. The van der Waals surface area contributed by atoms with Gasteiger partial charge in [0.05, 0.1) is 18.4 Å². The van der Waals surface area contributed by atoms with Crippen LogP contribution >= 0.6 is 11.6 Å². The summed E-state index contributed by atoms with van der Waals surface area (Å²) in [6.07, 6.45) is 0. The predicted octanol–water partition coefficient (Wildman–Crippen LogP) is 3.45. The van der Waals surface area contributed by atoms with Crippen molar-refractivity contribution in [2.45, 2.75) is 6.54 Å². The largest absolute Gasteiger partial charge is 0.465 e. The molecule has 0 aromatic heterocycles. The van der Waals surface area contributed by atoms with Crippen molar-refractivity contribution in [1.82, 2.24) is 5.32 Å². The van der Waals surface area contributed by atoms with Crippen molar-refractivity contribution < 1.29 is 14.3 Å². The molecule has 0 heterocycles. The van der Waals surface area contributed by atoms with Crippen LogP contribution in [0.5, 0.6) is 0 Å². The van der Waals surface area contributed by atoms with Gasteiger partial charge in [0.25, 0.3) is 0 Å². The van der Waals surface area contributed by atoms with E-state index in [0.29, 0.717) is 22.8 Å². The summed E-state index contributed by atoms with van der Waals surface area (Å²) in [6, 6.07) is 13.4. The molecule has 0 saturated carbocycles. The molecule has 0 aliphatic rings. The highest BCUT2D eigenvalue weighted by atomic mass is 35.5. The number of anilines is 1. The smallest absolute Gasteiger partial charge is 0.339 e. The molecule has 0 saturated heterocycles. The Morgan fingerprint density at radius 1 is 1.14 bits per heavy atom. The van der Waals surface area contributed by atoms with Crippen LogP contribution in [0.4, 0.5) is 10.5 Å². The highest BCUT2D eigenvalue weighted by Gasteiger charge is 2.12. The summed E-state index contributed by atoms with van der Waals surface area (Å²) in [7, 11) is 1.29. The van der Waals surface area contributed by atoms with E-state index in [9.17, 15) is 9.59 Å². The second kappa shape index (κ2) is 7.47. The molecule has 2 rings (SSSR count). The van der Waals surface area contributed by atoms with Gasteiger partial charge in [-0.2, -0.15) is 0 Å². The van der Waals surface area contributed by atoms with Crippen LogP contribution in [-0.2, 0) is 11.3 Å². The van der Waals surface area contributed by atoms with Gasteiger partial charge in [0.1, 0.15) is 0 Å². The standard InChI is InChI=1S/C16H15ClN2O3/c1-22-15(20)13-7-2-3-8-14(13)19-16(21)18-10-11-5-4-6-12(17)9-11/h2-9H,10H2,1H3,(H2,18,19,21). The second-order valence-electron chi connectivity index (χ2n) is 4.47. The van der Waals surface area contributed by atoms with Crippen LogP contribution in [0.1, 0.15) is 15.9 Å². The molecular weight excluding hydrogens is 304 g/mol. The van der Waals surface area contributed by atoms with Gasteiger partial charge in [0, 0.05) is 11.6 Å². The van der Waals surface area contributed by atoms with E-state index in [1.165, 1.54) is 7.11 Å². The van der Waals surface area contributed by atoms with Crippen LogP contribution in [0, 0.1) is 0 Å². The highest BCUT2D eigenvalue weighted by Crippen LogP contribution is 2.16. The number of rotatable bonds is 4. The molecule has 2 aromatic carbocycles. The Hall–Kier alpha value is -2.53. The Morgan fingerprint density at radius 3 is 2.64 bits per heavy atom. The van der Waals surface area contributed by atoms with Crippen molar-refractivity contribution in [2.24, 2.45) is 0 Å². The van der Waals surface area contributed by atoms with Gasteiger partial charge >= 0.3 is 12.0 Å². The van der Waals surface area contributed by atoms with E-state index in [-0.39, 0.29) is 0 Å². The Labute approximate surface area is 133 Å². The molecule has 0 unspecified atom stereocenters. The molecule has 0 aliphatic heterocycles. The predicted molar refractivity (Wildman–Crippen MR) is 85.1 cm³/mol. The molecule has 6 heteroatoms. The minimum Gasteiger partial charge on any atom is -0.465 e. The van der Waals surface area contributed by atoms with Crippen LogP contribution < -0.4 is 10.6 Å². The number of amides is 2. The van der Waals surface area contributed by atoms with Crippen LogP contribution in [0.25, 0.3) is 0 Å². The summed E-state index contributed by atoms with van der Waals surface area (Å²) in [5.41, 5.74) is 1.56. The zero-order valence-electron chi connectivity index (χ0n) is 11.9. The lowest BCUT2D eigenvalue weighted by Gasteiger charge is -2.11. The number of esters is 1. The summed E-state index contributed by atoms with van der Waals surface area (Å²) in [6.45, 7) is 0.326. The van der Waals surface area contributed by atoms with Gasteiger partial charge < -0.3 is 15.4 Å². The van der Waals surface area contributed by atoms with Crippen LogP contribution in [0.3, 0.4) is 0 Å². The number of carbonyl (C=O) groups is 2. The molecular formula is C16H15ClN2O3. The molecule has 0 bridgehead atoms. The number of urea groups is 1. The van der Waals surface area contributed by atoms with Crippen molar-refractivity contribution in [2.75, 3.05) is 12.4 Å². The minimum absolute atomic E-state index is 0.294. The van der Waals surface area contributed by atoms with Crippen LogP contribution in [0.2, 0.25) is 5.02 Å². The normalized spacial score (nSPS) is 9.91. The number of benzene rings is 2. The van der Waals surface area contributed by atoms with E-state index >= 15 is 0 Å². The fraction of sp³-hybridized carbons (Fsp3) is 0.125. The van der Waals surface area contributed by atoms with E-state index in [0.717, 1.165) is 5.56 Å². The molecule has 2 aromatic rings. The van der Waals surface area contributed by atoms with Gasteiger partial charge in [0.2, 0.25) is 0 Å². The van der Waals surface area contributed by atoms with Crippen molar-refractivity contribution in [1.29, 1.82) is 0 Å². The Morgan fingerprint density at radius 2 is 1.91 bits per heavy atom. The lowest BCUT2D eigenvalue weighted by Crippen LogP contribution is -2.29. The first-order valence-corrected chi connectivity index (χ1v) is 6.94. The van der Waals surface area contributed by atoms with E-state index in [2.05, 4.69) is 15.4 Å². The first kappa shape index (κ1) is 15.9. The van der Waals surface area contributed by atoms with Crippen molar-refractivity contribution in [3.8, 4) is 0 Å². The third-order valence-electron chi connectivity index (χ3n) is 2.92. The third kappa shape index (κ3) is 4.23. The first-order chi connectivity index (χ1) is 10.6. The summed E-state index contributed by atoms with van der Waals surface area (Å²) in [4.78, 5) is 23.6.